The molecule has 0 atom stereocenters. The van der Waals surface area contributed by atoms with Gasteiger partial charge in [0.05, 0.1) is 5.75 Å². The Hall–Kier alpha value is -3.13. The molecule has 1 amide bonds. The van der Waals surface area contributed by atoms with Gasteiger partial charge in [-0.2, -0.15) is 0 Å². The number of nitrogens with one attached hydrogen (secondary N) is 2. The van der Waals surface area contributed by atoms with E-state index in [2.05, 4.69) is 27.4 Å². The Morgan fingerprint density at radius 3 is 2.78 bits per heavy atom. The number of hydrogen-bond acceptors (Lipinski definition) is 7. The Labute approximate surface area is 192 Å². The van der Waals surface area contributed by atoms with Crippen LogP contribution in [0.25, 0.3) is 17.0 Å². The van der Waals surface area contributed by atoms with Crippen molar-refractivity contribution >= 4 is 34.3 Å². The SMILES string of the molecule is C=C(CCCCCNC(=O)CSC(C)=O)NC1=NC(c2cc(-c3ccccc3)no2)=CC1. The molecular formula is C24H28N4O3S. The molecule has 8 heteroatoms. The van der Waals surface area contributed by atoms with Gasteiger partial charge in [-0.05, 0) is 25.3 Å². The summed E-state index contributed by atoms with van der Waals surface area (Å²) < 4.78 is 5.48. The van der Waals surface area contributed by atoms with Gasteiger partial charge in [0.1, 0.15) is 17.2 Å². The number of amides is 1. The van der Waals surface area contributed by atoms with Crippen LogP contribution in [0.5, 0.6) is 0 Å². The van der Waals surface area contributed by atoms with Crippen molar-refractivity contribution in [2.24, 2.45) is 4.99 Å². The van der Waals surface area contributed by atoms with Crippen LogP contribution in [-0.2, 0) is 9.59 Å². The van der Waals surface area contributed by atoms with Gasteiger partial charge in [-0.1, -0.05) is 60.3 Å². The zero-order valence-corrected chi connectivity index (χ0v) is 19.0. The van der Waals surface area contributed by atoms with Gasteiger partial charge in [0.2, 0.25) is 5.91 Å². The Kier molecular flexibility index (Phi) is 8.86. The van der Waals surface area contributed by atoms with Gasteiger partial charge in [-0.15, -0.1) is 0 Å². The number of unbranched alkanes of at least 4 members (excludes halogenated alkanes) is 2. The average molecular weight is 453 g/mol. The smallest absolute Gasteiger partial charge is 0.230 e. The summed E-state index contributed by atoms with van der Waals surface area (Å²) in [6.45, 7) is 6.18. The van der Waals surface area contributed by atoms with E-state index in [1.807, 2.05) is 42.5 Å². The molecule has 2 aromatic rings. The molecule has 2 heterocycles. The molecule has 0 unspecified atom stereocenters. The van der Waals surface area contributed by atoms with Crippen LogP contribution in [0.3, 0.4) is 0 Å². The summed E-state index contributed by atoms with van der Waals surface area (Å²) in [5.41, 5.74) is 3.49. The van der Waals surface area contributed by atoms with Crippen LogP contribution in [0.2, 0.25) is 0 Å². The lowest BCUT2D eigenvalue weighted by atomic mass is 10.1. The van der Waals surface area contributed by atoms with Crippen LogP contribution >= 0.6 is 11.8 Å². The van der Waals surface area contributed by atoms with E-state index in [4.69, 9.17) is 4.52 Å². The molecule has 0 saturated heterocycles. The quantitative estimate of drug-likeness (QED) is 0.486. The number of aliphatic imine (C=N–C) groups is 1. The fourth-order valence-electron chi connectivity index (χ4n) is 3.16. The lowest BCUT2D eigenvalue weighted by molar-refractivity contribution is -0.118. The van der Waals surface area contributed by atoms with E-state index in [1.54, 1.807) is 0 Å². The number of rotatable bonds is 11. The molecule has 0 aliphatic carbocycles. The lowest BCUT2D eigenvalue weighted by Gasteiger charge is -2.09. The molecule has 1 aromatic heterocycles. The minimum Gasteiger partial charge on any atom is -0.355 e. The van der Waals surface area contributed by atoms with Gasteiger partial charge in [0, 0.05) is 37.2 Å². The van der Waals surface area contributed by atoms with Gasteiger partial charge in [0.25, 0.3) is 0 Å². The van der Waals surface area contributed by atoms with E-state index in [0.717, 1.165) is 65.9 Å². The Morgan fingerprint density at radius 2 is 2.00 bits per heavy atom. The molecule has 1 aliphatic rings. The fourth-order valence-corrected chi connectivity index (χ4v) is 3.59. The van der Waals surface area contributed by atoms with Crippen LogP contribution in [0.15, 0.2) is 64.3 Å². The summed E-state index contributed by atoms with van der Waals surface area (Å²) in [5, 5.41) is 10.2. The highest BCUT2D eigenvalue weighted by atomic mass is 32.2. The number of nitrogens with zero attached hydrogens (tertiary/aromatic N) is 2. The highest BCUT2D eigenvalue weighted by Crippen LogP contribution is 2.26. The third-order valence-electron chi connectivity index (χ3n) is 4.78. The monoisotopic (exact) mass is 452 g/mol. The van der Waals surface area contributed by atoms with Crippen LogP contribution < -0.4 is 10.6 Å². The van der Waals surface area contributed by atoms with Crippen molar-refractivity contribution in [3.05, 3.63) is 60.5 Å². The maximum absolute atomic E-state index is 11.5. The normalized spacial score (nSPS) is 12.8. The van der Waals surface area contributed by atoms with E-state index in [9.17, 15) is 9.59 Å². The summed E-state index contributed by atoms with van der Waals surface area (Å²) in [6.07, 6.45) is 6.39. The standard InChI is InChI=1S/C24H28N4O3S/c1-17(9-5-4-8-14-25-24(30)16-32-18(2)29)26-23-13-12-20(27-23)22-15-21(28-31-22)19-10-6-3-7-11-19/h3,6-7,10-12,15H,1,4-5,8-9,13-14,16H2,2H3,(H,25,30)(H,26,27). The van der Waals surface area contributed by atoms with Gasteiger partial charge < -0.3 is 15.2 Å². The minimum atomic E-state index is -0.0959. The second-order valence-corrected chi connectivity index (χ2v) is 8.62. The largest absolute Gasteiger partial charge is 0.355 e. The van der Waals surface area contributed by atoms with E-state index in [-0.39, 0.29) is 16.8 Å². The topological polar surface area (TPSA) is 96.6 Å². The first-order valence-electron chi connectivity index (χ1n) is 10.7. The van der Waals surface area contributed by atoms with Crippen LogP contribution in [0.4, 0.5) is 0 Å². The number of carbonyl (C=O) groups is 2. The van der Waals surface area contributed by atoms with E-state index >= 15 is 0 Å². The first kappa shape index (κ1) is 23.5. The second kappa shape index (κ2) is 12.0. The number of aromatic nitrogens is 1. The van der Waals surface area contributed by atoms with Crippen molar-refractivity contribution in [3.8, 4) is 11.3 Å². The zero-order valence-electron chi connectivity index (χ0n) is 18.2. The van der Waals surface area contributed by atoms with Crippen molar-refractivity contribution < 1.29 is 14.1 Å². The van der Waals surface area contributed by atoms with Crippen molar-refractivity contribution in [1.82, 2.24) is 15.8 Å². The van der Waals surface area contributed by atoms with Crippen LogP contribution in [-0.4, -0.2) is 34.3 Å². The Balaban J connectivity index is 1.34. The van der Waals surface area contributed by atoms with Gasteiger partial charge in [-0.3, -0.25) is 9.59 Å². The third-order valence-corrected chi connectivity index (χ3v) is 5.59. The summed E-state index contributed by atoms with van der Waals surface area (Å²) >= 11 is 1.03. The first-order chi connectivity index (χ1) is 15.5. The highest BCUT2D eigenvalue weighted by molar-refractivity contribution is 8.14. The molecule has 0 radical (unpaired) electrons. The highest BCUT2D eigenvalue weighted by Gasteiger charge is 2.16. The molecule has 32 heavy (non-hydrogen) atoms. The van der Waals surface area contributed by atoms with Crippen molar-refractivity contribution in [2.75, 3.05) is 12.3 Å². The molecule has 0 saturated carbocycles. The van der Waals surface area contributed by atoms with Crippen molar-refractivity contribution in [1.29, 1.82) is 0 Å². The summed E-state index contributed by atoms with van der Waals surface area (Å²) in [4.78, 5) is 27.0. The average Bonchev–Trinajstić information content (AvgIpc) is 3.45. The molecular weight excluding hydrogens is 424 g/mol. The zero-order chi connectivity index (χ0) is 22.8. The number of carbonyl (C=O) groups excluding carboxylic acids is 2. The fraction of sp³-hybridized carbons (Fsp3) is 0.333. The molecule has 1 aromatic carbocycles. The van der Waals surface area contributed by atoms with Crippen LogP contribution in [0, 0.1) is 0 Å². The number of thioether (sulfide) groups is 1. The predicted octanol–water partition coefficient (Wildman–Crippen LogP) is 4.54. The molecule has 3 rings (SSSR count). The summed E-state index contributed by atoms with van der Waals surface area (Å²) in [5.74, 6) is 1.59. The Bertz CT molecular complexity index is 1010. The Morgan fingerprint density at radius 1 is 1.19 bits per heavy atom. The number of amidine groups is 1. The number of allylic oxidation sites excluding steroid dienone is 1. The first-order valence-corrected chi connectivity index (χ1v) is 11.6. The minimum absolute atomic E-state index is 0.0434. The molecule has 7 nitrogen and oxygen atoms in total. The summed E-state index contributed by atoms with van der Waals surface area (Å²) in [7, 11) is 0. The number of benzene rings is 1. The molecule has 0 bridgehead atoms. The van der Waals surface area contributed by atoms with E-state index in [1.165, 1.54) is 6.92 Å². The summed E-state index contributed by atoms with van der Waals surface area (Å²) in [6, 6.07) is 11.8. The van der Waals surface area contributed by atoms with Gasteiger partial charge in [-0.25, -0.2) is 4.99 Å². The second-order valence-electron chi connectivity index (χ2n) is 7.46. The van der Waals surface area contributed by atoms with E-state index < -0.39 is 0 Å². The maximum Gasteiger partial charge on any atom is 0.230 e. The third kappa shape index (κ3) is 7.53. The molecule has 168 valence electrons. The van der Waals surface area contributed by atoms with Gasteiger partial charge >= 0.3 is 0 Å². The predicted molar refractivity (Wildman–Crippen MR) is 129 cm³/mol. The number of hydrogen-bond donors (Lipinski definition) is 2. The van der Waals surface area contributed by atoms with Crippen LogP contribution in [0.1, 0.15) is 44.8 Å². The molecule has 1 aliphatic heterocycles. The molecule has 0 fully saturated rings. The molecule has 2 N–H and O–H groups in total. The lowest BCUT2D eigenvalue weighted by Crippen LogP contribution is -2.26. The molecule has 0 spiro atoms. The van der Waals surface area contributed by atoms with Crippen molar-refractivity contribution in [2.45, 2.75) is 39.0 Å². The van der Waals surface area contributed by atoms with Gasteiger partial charge in [0.15, 0.2) is 10.9 Å². The maximum atomic E-state index is 11.5. The van der Waals surface area contributed by atoms with E-state index in [0.29, 0.717) is 18.7 Å². The van der Waals surface area contributed by atoms with Crippen molar-refractivity contribution in [3.63, 3.8) is 0 Å².